The molecule has 4 nitrogen and oxygen atoms in total. The highest BCUT2D eigenvalue weighted by molar-refractivity contribution is 5.82. The summed E-state index contributed by atoms with van der Waals surface area (Å²) in [5.41, 5.74) is -1.18. The maximum absolute atomic E-state index is 11.4. The minimum atomic E-state index is -0.809. The Morgan fingerprint density at radius 2 is 2.06 bits per heavy atom. The van der Waals surface area contributed by atoms with Crippen LogP contribution in [0.3, 0.4) is 0 Å². The van der Waals surface area contributed by atoms with Gasteiger partial charge in [0.15, 0.2) is 0 Å². The minimum absolute atomic E-state index is 0.210. The molecular formula is C12H20O4. The van der Waals surface area contributed by atoms with Gasteiger partial charge < -0.3 is 9.84 Å². The lowest BCUT2D eigenvalue weighted by Crippen LogP contribution is -2.28. The number of esters is 1. The third-order valence-electron chi connectivity index (χ3n) is 4.36. The van der Waals surface area contributed by atoms with Gasteiger partial charge in [0.25, 0.3) is 0 Å². The Kier molecular flexibility index (Phi) is 3.31. The number of aliphatic carboxylic acids is 1. The van der Waals surface area contributed by atoms with Crippen molar-refractivity contribution in [1.82, 2.24) is 0 Å². The number of hydrogen-bond acceptors (Lipinski definition) is 3. The largest absolute Gasteiger partial charge is 0.481 e. The quantitative estimate of drug-likeness (QED) is 0.732. The van der Waals surface area contributed by atoms with E-state index >= 15 is 0 Å². The van der Waals surface area contributed by atoms with Gasteiger partial charge in [-0.3, -0.25) is 9.59 Å². The molecule has 1 saturated carbocycles. The smallest absolute Gasteiger partial charge is 0.309 e. The van der Waals surface area contributed by atoms with Crippen molar-refractivity contribution in [3.63, 3.8) is 0 Å². The Morgan fingerprint density at radius 1 is 1.50 bits per heavy atom. The monoisotopic (exact) mass is 228 g/mol. The van der Waals surface area contributed by atoms with Gasteiger partial charge in [-0.2, -0.15) is 0 Å². The first-order valence-electron chi connectivity index (χ1n) is 5.64. The minimum Gasteiger partial charge on any atom is -0.481 e. The summed E-state index contributed by atoms with van der Waals surface area (Å²) < 4.78 is 4.66. The van der Waals surface area contributed by atoms with Gasteiger partial charge in [-0.25, -0.2) is 0 Å². The molecule has 0 radical (unpaired) electrons. The van der Waals surface area contributed by atoms with E-state index in [1.807, 2.05) is 13.8 Å². The molecule has 1 aliphatic carbocycles. The summed E-state index contributed by atoms with van der Waals surface area (Å²) in [7, 11) is 1.34. The molecule has 0 heterocycles. The number of carbonyl (C=O) groups is 2. The van der Waals surface area contributed by atoms with Gasteiger partial charge in [0.1, 0.15) is 0 Å². The Balaban J connectivity index is 2.91. The lowest BCUT2D eigenvalue weighted by molar-refractivity contribution is -0.147. The predicted octanol–water partition coefficient (Wildman–Crippen LogP) is 2.08. The number of carbonyl (C=O) groups excluding carboxylic acids is 1. The molecule has 1 aliphatic rings. The Morgan fingerprint density at radius 3 is 2.38 bits per heavy atom. The Bertz CT molecular complexity index is 312. The number of carboxylic acids is 1. The van der Waals surface area contributed by atoms with E-state index < -0.39 is 16.8 Å². The van der Waals surface area contributed by atoms with Gasteiger partial charge in [0, 0.05) is 5.41 Å². The molecule has 0 aromatic heterocycles. The summed E-state index contributed by atoms with van der Waals surface area (Å²) in [6, 6.07) is 0. The molecule has 0 saturated heterocycles. The first-order valence-corrected chi connectivity index (χ1v) is 5.64. The van der Waals surface area contributed by atoms with Crippen LogP contribution < -0.4 is 0 Å². The topological polar surface area (TPSA) is 63.6 Å². The van der Waals surface area contributed by atoms with E-state index in [4.69, 9.17) is 0 Å². The van der Waals surface area contributed by atoms with Crippen LogP contribution in [0, 0.1) is 16.7 Å². The van der Waals surface area contributed by atoms with Crippen molar-refractivity contribution >= 4 is 11.9 Å². The standard InChI is InChI=1S/C12H20O4/c1-5-8(2)12(6-9(13)16-4)7-11(12,3)10(14)15/h8H,5-7H2,1-4H3,(H,14,15). The fourth-order valence-corrected chi connectivity index (χ4v) is 2.75. The number of methoxy groups -OCH3 is 1. The molecule has 0 aromatic rings. The van der Waals surface area contributed by atoms with E-state index in [9.17, 15) is 14.7 Å². The average molecular weight is 228 g/mol. The zero-order valence-electron chi connectivity index (χ0n) is 10.4. The maximum Gasteiger partial charge on any atom is 0.309 e. The first kappa shape index (κ1) is 13.0. The zero-order valence-corrected chi connectivity index (χ0v) is 10.4. The fraction of sp³-hybridized carbons (Fsp3) is 0.833. The second-order valence-corrected chi connectivity index (χ2v) is 5.03. The molecule has 1 N–H and O–H groups in total. The van der Waals surface area contributed by atoms with Crippen LogP contribution in [0.4, 0.5) is 0 Å². The van der Waals surface area contributed by atoms with Gasteiger partial charge in [-0.15, -0.1) is 0 Å². The third kappa shape index (κ3) is 1.70. The summed E-state index contributed by atoms with van der Waals surface area (Å²) in [6.45, 7) is 5.76. The van der Waals surface area contributed by atoms with E-state index in [2.05, 4.69) is 4.74 Å². The summed E-state index contributed by atoms with van der Waals surface area (Å²) in [6.07, 6.45) is 1.65. The van der Waals surface area contributed by atoms with E-state index in [0.717, 1.165) is 6.42 Å². The van der Waals surface area contributed by atoms with Crippen LogP contribution in [0.2, 0.25) is 0 Å². The van der Waals surface area contributed by atoms with Crippen LogP contribution in [0.5, 0.6) is 0 Å². The van der Waals surface area contributed by atoms with Crippen molar-refractivity contribution in [3.05, 3.63) is 0 Å². The SMILES string of the molecule is CCC(C)C1(CC(=O)OC)CC1(C)C(=O)O. The van der Waals surface area contributed by atoms with Crippen LogP contribution in [0.15, 0.2) is 0 Å². The molecule has 0 aliphatic heterocycles. The van der Waals surface area contributed by atoms with Gasteiger partial charge >= 0.3 is 11.9 Å². The third-order valence-corrected chi connectivity index (χ3v) is 4.36. The van der Waals surface area contributed by atoms with Crippen LogP contribution in [-0.4, -0.2) is 24.2 Å². The van der Waals surface area contributed by atoms with Crippen molar-refractivity contribution in [2.24, 2.45) is 16.7 Å². The number of ether oxygens (including phenoxy) is 1. The molecule has 3 atom stereocenters. The average Bonchev–Trinajstić information content (AvgIpc) is 2.85. The zero-order chi connectivity index (χ0) is 12.6. The van der Waals surface area contributed by atoms with Crippen molar-refractivity contribution in [2.45, 2.75) is 40.0 Å². The highest BCUT2D eigenvalue weighted by Gasteiger charge is 2.71. The second kappa shape index (κ2) is 4.07. The van der Waals surface area contributed by atoms with Crippen LogP contribution in [-0.2, 0) is 14.3 Å². The lowest BCUT2D eigenvalue weighted by Gasteiger charge is -2.25. The van der Waals surface area contributed by atoms with Crippen LogP contribution >= 0.6 is 0 Å². The number of hydrogen-bond donors (Lipinski definition) is 1. The molecule has 1 rings (SSSR count). The summed E-state index contributed by atoms with van der Waals surface area (Å²) in [4.78, 5) is 22.6. The van der Waals surface area contributed by atoms with E-state index in [1.165, 1.54) is 7.11 Å². The van der Waals surface area contributed by atoms with E-state index in [-0.39, 0.29) is 18.3 Å². The predicted molar refractivity (Wildman–Crippen MR) is 58.9 cm³/mol. The molecule has 16 heavy (non-hydrogen) atoms. The van der Waals surface area contributed by atoms with E-state index in [0.29, 0.717) is 6.42 Å². The molecule has 0 aromatic carbocycles. The summed E-state index contributed by atoms with van der Waals surface area (Å²) in [5, 5.41) is 9.23. The van der Waals surface area contributed by atoms with Gasteiger partial charge in [0.05, 0.1) is 18.9 Å². The number of carboxylic acid groups (broad SMARTS) is 1. The second-order valence-electron chi connectivity index (χ2n) is 5.03. The van der Waals surface area contributed by atoms with Crippen LogP contribution in [0.1, 0.15) is 40.0 Å². The van der Waals surface area contributed by atoms with Crippen molar-refractivity contribution in [1.29, 1.82) is 0 Å². The van der Waals surface area contributed by atoms with Gasteiger partial charge in [0.2, 0.25) is 0 Å². The Hall–Kier alpha value is -1.06. The molecule has 0 bridgehead atoms. The molecule has 0 amide bonds. The molecule has 1 fully saturated rings. The number of rotatable bonds is 5. The van der Waals surface area contributed by atoms with Crippen molar-refractivity contribution in [2.75, 3.05) is 7.11 Å². The highest BCUT2D eigenvalue weighted by atomic mass is 16.5. The summed E-state index contributed by atoms with van der Waals surface area (Å²) in [5.74, 6) is -0.908. The lowest BCUT2D eigenvalue weighted by atomic mass is 9.79. The van der Waals surface area contributed by atoms with Gasteiger partial charge in [-0.1, -0.05) is 20.3 Å². The van der Waals surface area contributed by atoms with Gasteiger partial charge in [-0.05, 0) is 19.3 Å². The van der Waals surface area contributed by atoms with Crippen LogP contribution in [0.25, 0.3) is 0 Å². The molecular weight excluding hydrogens is 208 g/mol. The normalized spacial score (nSPS) is 34.2. The van der Waals surface area contributed by atoms with Crippen molar-refractivity contribution in [3.8, 4) is 0 Å². The summed E-state index contributed by atoms with van der Waals surface area (Å²) >= 11 is 0. The first-order chi connectivity index (χ1) is 7.34. The van der Waals surface area contributed by atoms with Crippen molar-refractivity contribution < 1.29 is 19.4 Å². The molecule has 92 valence electrons. The molecule has 3 unspecified atom stereocenters. The highest BCUT2D eigenvalue weighted by Crippen LogP contribution is 2.70. The molecule has 4 heteroatoms. The fourth-order valence-electron chi connectivity index (χ4n) is 2.75. The maximum atomic E-state index is 11.4. The Labute approximate surface area is 96.0 Å². The molecule has 0 spiro atoms. The van der Waals surface area contributed by atoms with E-state index in [1.54, 1.807) is 6.92 Å².